The molecule has 0 N–H and O–H groups in total. The van der Waals surface area contributed by atoms with Crippen molar-refractivity contribution in [3.8, 4) is 0 Å². The first-order chi connectivity index (χ1) is 8.69. The first-order valence-corrected chi connectivity index (χ1v) is 5.91. The SMILES string of the molecule is COC(=O)C1(C(F)(F)F)C2C3C=CC(C3)C2C1(F)F. The zero-order chi connectivity index (χ0) is 14.2. The minimum atomic E-state index is -5.32. The van der Waals surface area contributed by atoms with E-state index in [1.807, 2.05) is 0 Å². The van der Waals surface area contributed by atoms with Crippen molar-refractivity contribution >= 4 is 5.97 Å². The van der Waals surface area contributed by atoms with Crippen LogP contribution in [0.5, 0.6) is 0 Å². The van der Waals surface area contributed by atoms with Gasteiger partial charge >= 0.3 is 12.1 Å². The summed E-state index contributed by atoms with van der Waals surface area (Å²) in [6.07, 6.45) is -2.00. The number of halogens is 5. The summed E-state index contributed by atoms with van der Waals surface area (Å²) >= 11 is 0. The van der Waals surface area contributed by atoms with Crippen molar-refractivity contribution in [2.24, 2.45) is 29.1 Å². The van der Waals surface area contributed by atoms with E-state index < -0.39 is 47.2 Å². The van der Waals surface area contributed by atoms with Crippen molar-refractivity contribution in [1.82, 2.24) is 0 Å². The summed E-state index contributed by atoms with van der Waals surface area (Å²) in [5.74, 6) is -9.95. The molecule has 0 heterocycles. The predicted molar refractivity (Wildman–Crippen MR) is 53.2 cm³/mol. The van der Waals surface area contributed by atoms with Crippen LogP contribution in [0.1, 0.15) is 6.42 Å². The first kappa shape index (κ1) is 12.9. The molecule has 106 valence electrons. The van der Waals surface area contributed by atoms with Crippen LogP contribution in [0.25, 0.3) is 0 Å². The molecule has 0 saturated heterocycles. The Morgan fingerprint density at radius 3 is 2.21 bits per heavy atom. The van der Waals surface area contributed by atoms with Gasteiger partial charge in [-0.15, -0.1) is 0 Å². The molecule has 5 atom stereocenters. The molecule has 2 fully saturated rings. The molecule has 0 radical (unpaired) electrons. The molecule has 2 saturated carbocycles. The van der Waals surface area contributed by atoms with E-state index in [4.69, 9.17) is 0 Å². The van der Waals surface area contributed by atoms with Gasteiger partial charge in [-0.1, -0.05) is 12.2 Å². The van der Waals surface area contributed by atoms with E-state index in [-0.39, 0.29) is 6.42 Å². The Balaban J connectivity index is 2.15. The average molecular weight is 282 g/mol. The fourth-order valence-corrected chi connectivity index (χ4v) is 4.22. The van der Waals surface area contributed by atoms with Gasteiger partial charge in [-0.2, -0.15) is 13.2 Å². The number of allylic oxidation sites excluding steroid dienone is 2. The third kappa shape index (κ3) is 1.11. The van der Waals surface area contributed by atoms with Gasteiger partial charge in [-0.25, -0.2) is 8.78 Å². The molecule has 2 nitrogen and oxygen atoms in total. The largest absolute Gasteiger partial charge is 0.468 e. The summed E-state index contributed by atoms with van der Waals surface area (Å²) in [7, 11) is 0.711. The van der Waals surface area contributed by atoms with Crippen molar-refractivity contribution < 1.29 is 31.5 Å². The van der Waals surface area contributed by atoms with Crippen LogP contribution in [0.4, 0.5) is 22.0 Å². The number of ether oxygens (including phenoxy) is 1. The third-order valence-corrected chi connectivity index (χ3v) is 4.86. The Kier molecular flexibility index (Phi) is 2.23. The lowest BCUT2D eigenvalue weighted by molar-refractivity contribution is -0.388. The van der Waals surface area contributed by atoms with Gasteiger partial charge in [0.25, 0.3) is 5.92 Å². The minimum absolute atomic E-state index is 0.264. The van der Waals surface area contributed by atoms with Crippen molar-refractivity contribution in [3.63, 3.8) is 0 Å². The second kappa shape index (κ2) is 3.30. The van der Waals surface area contributed by atoms with E-state index >= 15 is 0 Å². The number of fused-ring (bicyclic) bond motifs is 5. The minimum Gasteiger partial charge on any atom is -0.468 e. The zero-order valence-electron chi connectivity index (χ0n) is 9.88. The quantitative estimate of drug-likeness (QED) is 0.420. The molecule has 0 aromatic rings. The van der Waals surface area contributed by atoms with Gasteiger partial charge < -0.3 is 4.74 Å². The van der Waals surface area contributed by atoms with Crippen molar-refractivity contribution in [3.05, 3.63) is 12.2 Å². The molecule has 0 aromatic carbocycles. The van der Waals surface area contributed by atoms with Crippen LogP contribution in [0.3, 0.4) is 0 Å². The first-order valence-electron chi connectivity index (χ1n) is 5.91. The Morgan fingerprint density at radius 2 is 1.74 bits per heavy atom. The lowest BCUT2D eigenvalue weighted by atomic mass is 9.47. The van der Waals surface area contributed by atoms with E-state index in [2.05, 4.69) is 4.74 Å². The van der Waals surface area contributed by atoms with Gasteiger partial charge in [0, 0.05) is 11.8 Å². The van der Waals surface area contributed by atoms with Crippen molar-refractivity contribution in [2.75, 3.05) is 7.11 Å². The number of carbonyl (C=O) groups is 1. The van der Waals surface area contributed by atoms with Crippen molar-refractivity contribution in [2.45, 2.75) is 18.5 Å². The average Bonchev–Trinajstić information content (AvgIpc) is 2.85. The summed E-state index contributed by atoms with van der Waals surface area (Å²) in [5.41, 5.74) is -3.68. The van der Waals surface area contributed by atoms with E-state index in [1.165, 1.54) is 12.2 Å². The molecule has 0 aliphatic heterocycles. The van der Waals surface area contributed by atoms with Crippen LogP contribution in [0.2, 0.25) is 0 Å². The lowest BCUT2D eigenvalue weighted by Crippen LogP contribution is -2.76. The molecule has 0 aromatic heterocycles. The van der Waals surface area contributed by atoms with Crippen molar-refractivity contribution in [1.29, 1.82) is 0 Å². The number of hydrogen-bond acceptors (Lipinski definition) is 2. The molecule has 3 aliphatic carbocycles. The maximum absolute atomic E-state index is 14.1. The van der Waals surface area contributed by atoms with Gasteiger partial charge in [-0.05, 0) is 18.3 Å². The maximum atomic E-state index is 14.1. The maximum Gasteiger partial charge on any atom is 0.411 e. The Bertz CT molecular complexity index is 469. The molecule has 19 heavy (non-hydrogen) atoms. The molecular formula is C12H11F5O2. The molecule has 3 aliphatic rings. The van der Waals surface area contributed by atoms with E-state index in [0.29, 0.717) is 7.11 Å². The summed E-state index contributed by atoms with van der Waals surface area (Å²) in [6.45, 7) is 0. The number of hydrogen-bond donors (Lipinski definition) is 0. The number of rotatable bonds is 1. The Morgan fingerprint density at radius 1 is 1.21 bits per heavy atom. The van der Waals surface area contributed by atoms with E-state index in [1.54, 1.807) is 0 Å². The second-order valence-electron chi connectivity index (χ2n) is 5.42. The molecule has 3 rings (SSSR count). The molecular weight excluding hydrogens is 271 g/mol. The van der Waals surface area contributed by atoms with Crippen LogP contribution < -0.4 is 0 Å². The van der Waals surface area contributed by atoms with Crippen LogP contribution in [0.15, 0.2) is 12.2 Å². The molecule has 7 heteroatoms. The number of alkyl halides is 5. The highest BCUT2D eigenvalue weighted by Gasteiger charge is 2.92. The third-order valence-electron chi connectivity index (χ3n) is 4.86. The lowest BCUT2D eigenvalue weighted by Gasteiger charge is -2.59. The van der Waals surface area contributed by atoms with Gasteiger partial charge in [-0.3, -0.25) is 4.79 Å². The Labute approximate surface area is 105 Å². The van der Waals surface area contributed by atoms with E-state index in [9.17, 15) is 26.7 Å². The smallest absolute Gasteiger partial charge is 0.411 e. The monoisotopic (exact) mass is 282 g/mol. The summed E-state index contributed by atoms with van der Waals surface area (Å²) in [5, 5.41) is 0. The van der Waals surface area contributed by atoms with Crippen LogP contribution >= 0.6 is 0 Å². The van der Waals surface area contributed by atoms with Gasteiger partial charge in [0.15, 0.2) is 0 Å². The normalized spacial score (nSPS) is 45.8. The highest BCUT2D eigenvalue weighted by Crippen LogP contribution is 2.77. The summed E-state index contributed by atoms with van der Waals surface area (Å²) in [4.78, 5) is 11.6. The van der Waals surface area contributed by atoms with Gasteiger partial charge in [0.1, 0.15) is 0 Å². The van der Waals surface area contributed by atoms with Crippen LogP contribution in [-0.2, 0) is 9.53 Å². The molecule has 5 unspecified atom stereocenters. The highest BCUT2D eigenvalue weighted by atomic mass is 19.4. The fraction of sp³-hybridized carbons (Fsp3) is 0.750. The molecule has 0 amide bonds. The standard InChI is InChI=1S/C12H11F5O2/c1-19-9(18)10(12(15,16)17)7-5-2-3-6(4-5)8(7)11(10,13)14/h2-3,5-8H,4H2,1H3. The topological polar surface area (TPSA) is 26.3 Å². The Hall–Kier alpha value is -1.14. The van der Waals surface area contributed by atoms with E-state index in [0.717, 1.165) is 0 Å². The number of methoxy groups -OCH3 is 1. The van der Waals surface area contributed by atoms with Gasteiger partial charge in [0.05, 0.1) is 7.11 Å². The number of esters is 1. The van der Waals surface area contributed by atoms with Crippen LogP contribution in [-0.4, -0.2) is 25.2 Å². The van der Waals surface area contributed by atoms with Crippen LogP contribution in [0, 0.1) is 29.1 Å². The number of carbonyl (C=O) groups excluding carboxylic acids is 1. The second-order valence-corrected chi connectivity index (χ2v) is 5.42. The molecule has 0 spiro atoms. The molecule has 2 bridgehead atoms. The summed E-state index contributed by atoms with van der Waals surface area (Å²) in [6, 6.07) is 0. The van der Waals surface area contributed by atoms with Gasteiger partial charge in [0.2, 0.25) is 5.41 Å². The fourth-order valence-electron chi connectivity index (χ4n) is 4.22. The highest BCUT2D eigenvalue weighted by molar-refractivity contribution is 5.82. The summed E-state index contributed by atoms with van der Waals surface area (Å²) < 4.78 is 72.1. The zero-order valence-corrected chi connectivity index (χ0v) is 9.88. The predicted octanol–water partition coefficient (Wildman–Crippen LogP) is 2.80.